The Hall–Kier alpha value is -0.320. The van der Waals surface area contributed by atoms with Gasteiger partial charge in [-0.05, 0) is 37.7 Å². The second-order valence-electron chi connectivity index (χ2n) is 4.40. The van der Waals surface area contributed by atoms with Crippen LogP contribution in [0.15, 0.2) is 22.3 Å². The third-order valence-electron chi connectivity index (χ3n) is 1.60. The first-order valence-corrected chi connectivity index (χ1v) is 6.23. The number of esters is 1. The van der Waals surface area contributed by atoms with Crippen LogP contribution in [-0.4, -0.2) is 11.6 Å². The van der Waals surface area contributed by atoms with Crippen LogP contribution >= 0.6 is 22.6 Å². The smallest absolute Gasteiger partial charge is 0.306 e. The predicted molar refractivity (Wildman–Crippen MR) is 72.0 cm³/mol. The fraction of sp³-hybridized carbons (Fsp3) is 0.583. The van der Waals surface area contributed by atoms with E-state index in [0.29, 0.717) is 12.8 Å². The van der Waals surface area contributed by atoms with Crippen LogP contribution < -0.4 is 0 Å². The van der Waals surface area contributed by atoms with Crippen LogP contribution in [0, 0.1) is 0 Å². The Bertz CT molecular complexity index is 249. The molecule has 0 aliphatic rings. The second-order valence-corrected chi connectivity index (χ2v) is 5.12. The zero-order valence-corrected chi connectivity index (χ0v) is 11.8. The first kappa shape index (κ1) is 14.7. The van der Waals surface area contributed by atoms with Gasteiger partial charge in [0.15, 0.2) is 0 Å². The molecule has 0 rings (SSSR count). The Morgan fingerprint density at radius 1 is 1.40 bits per heavy atom. The molecule has 0 aliphatic carbocycles. The Kier molecular flexibility index (Phi) is 6.89. The quantitative estimate of drug-likeness (QED) is 0.434. The second kappa shape index (κ2) is 7.04. The molecule has 0 spiro atoms. The lowest BCUT2D eigenvalue weighted by molar-refractivity contribution is -0.154. The van der Waals surface area contributed by atoms with Gasteiger partial charge < -0.3 is 4.74 Å². The molecule has 15 heavy (non-hydrogen) atoms. The Labute approximate surface area is 106 Å². The monoisotopic (exact) mass is 322 g/mol. The van der Waals surface area contributed by atoms with Crippen molar-refractivity contribution in [1.82, 2.24) is 0 Å². The molecule has 0 heterocycles. The van der Waals surface area contributed by atoms with E-state index in [1.807, 2.05) is 30.9 Å². The number of halogens is 1. The van der Waals surface area contributed by atoms with Gasteiger partial charge in [0.05, 0.1) is 0 Å². The molecule has 3 heteroatoms. The molecule has 0 atom stereocenters. The number of allylic oxidation sites excluding steroid dienone is 2. The summed E-state index contributed by atoms with van der Waals surface area (Å²) in [6.07, 6.45) is 3.99. The van der Waals surface area contributed by atoms with Crippen LogP contribution in [0.3, 0.4) is 0 Å². The molecule has 0 radical (unpaired) electrons. The highest BCUT2D eigenvalue weighted by atomic mass is 127. The molecule has 0 aliphatic heterocycles. The summed E-state index contributed by atoms with van der Waals surface area (Å²) in [4.78, 5) is 11.4. The van der Waals surface area contributed by atoms with Crippen LogP contribution in [0.1, 0.15) is 40.0 Å². The lowest BCUT2D eigenvalue weighted by Gasteiger charge is -2.19. The van der Waals surface area contributed by atoms with Crippen molar-refractivity contribution in [3.8, 4) is 0 Å². The molecule has 0 bridgehead atoms. The lowest BCUT2D eigenvalue weighted by atomic mass is 10.1. The first-order valence-electron chi connectivity index (χ1n) is 4.99. The molecule has 0 saturated carbocycles. The van der Waals surface area contributed by atoms with Crippen molar-refractivity contribution in [2.75, 3.05) is 0 Å². The van der Waals surface area contributed by atoms with E-state index in [4.69, 9.17) is 4.74 Å². The van der Waals surface area contributed by atoms with Crippen molar-refractivity contribution in [3.05, 3.63) is 22.3 Å². The zero-order valence-electron chi connectivity index (χ0n) is 9.68. The fourth-order valence-electron chi connectivity index (χ4n) is 0.985. The zero-order chi connectivity index (χ0) is 11.9. The SMILES string of the molecule is C=C(C/C=C/I)CCC(=O)OC(C)(C)C. The largest absolute Gasteiger partial charge is 0.460 e. The van der Waals surface area contributed by atoms with Gasteiger partial charge in [-0.3, -0.25) is 4.79 Å². The van der Waals surface area contributed by atoms with E-state index in [1.165, 1.54) is 0 Å². The number of ether oxygens (including phenoxy) is 1. The minimum Gasteiger partial charge on any atom is -0.460 e. The fourth-order valence-corrected chi connectivity index (χ4v) is 1.24. The van der Waals surface area contributed by atoms with Gasteiger partial charge in [-0.15, -0.1) is 0 Å². The van der Waals surface area contributed by atoms with Crippen molar-refractivity contribution >= 4 is 28.6 Å². The lowest BCUT2D eigenvalue weighted by Crippen LogP contribution is -2.23. The van der Waals surface area contributed by atoms with Gasteiger partial charge >= 0.3 is 5.97 Å². The van der Waals surface area contributed by atoms with Gasteiger partial charge in [-0.2, -0.15) is 0 Å². The highest BCUT2D eigenvalue weighted by Crippen LogP contribution is 2.13. The summed E-state index contributed by atoms with van der Waals surface area (Å²) < 4.78 is 7.15. The number of carbonyl (C=O) groups is 1. The van der Waals surface area contributed by atoms with Gasteiger partial charge in [0, 0.05) is 6.42 Å². The highest BCUT2D eigenvalue weighted by Gasteiger charge is 2.15. The summed E-state index contributed by atoms with van der Waals surface area (Å²) in [6.45, 7) is 9.52. The Morgan fingerprint density at radius 3 is 2.47 bits per heavy atom. The molecule has 0 aromatic carbocycles. The van der Waals surface area contributed by atoms with Crippen molar-refractivity contribution in [1.29, 1.82) is 0 Å². The summed E-state index contributed by atoms with van der Waals surface area (Å²) in [5.41, 5.74) is 0.675. The Morgan fingerprint density at radius 2 is 2.00 bits per heavy atom. The van der Waals surface area contributed by atoms with Crippen LogP contribution in [0.5, 0.6) is 0 Å². The van der Waals surface area contributed by atoms with E-state index in [9.17, 15) is 4.79 Å². The molecule has 0 saturated heterocycles. The summed E-state index contributed by atoms with van der Waals surface area (Å²) in [5.74, 6) is -0.151. The third-order valence-corrected chi connectivity index (χ3v) is 2.11. The average molecular weight is 322 g/mol. The molecule has 86 valence electrons. The van der Waals surface area contributed by atoms with E-state index < -0.39 is 0 Å². The van der Waals surface area contributed by atoms with Crippen LogP contribution in [0.2, 0.25) is 0 Å². The van der Waals surface area contributed by atoms with Crippen LogP contribution in [0.25, 0.3) is 0 Å². The maximum absolute atomic E-state index is 11.4. The van der Waals surface area contributed by atoms with Gasteiger partial charge in [0.2, 0.25) is 0 Å². The van der Waals surface area contributed by atoms with Crippen LogP contribution in [-0.2, 0) is 9.53 Å². The van der Waals surface area contributed by atoms with E-state index in [-0.39, 0.29) is 11.6 Å². The predicted octanol–water partition coefficient (Wildman–Crippen LogP) is 4.00. The van der Waals surface area contributed by atoms with Gasteiger partial charge in [-0.25, -0.2) is 0 Å². The molecule has 0 aromatic rings. The van der Waals surface area contributed by atoms with E-state index in [1.54, 1.807) is 0 Å². The van der Waals surface area contributed by atoms with E-state index >= 15 is 0 Å². The minimum absolute atomic E-state index is 0.151. The van der Waals surface area contributed by atoms with Crippen LogP contribution in [0.4, 0.5) is 0 Å². The van der Waals surface area contributed by atoms with Gasteiger partial charge in [0.1, 0.15) is 5.60 Å². The Balaban J connectivity index is 3.76. The van der Waals surface area contributed by atoms with E-state index in [0.717, 1.165) is 12.0 Å². The maximum atomic E-state index is 11.4. The summed E-state index contributed by atoms with van der Waals surface area (Å²) in [7, 11) is 0. The molecular weight excluding hydrogens is 303 g/mol. The summed E-state index contributed by atoms with van der Waals surface area (Å²) in [6, 6.07) is 0. The normalized spacial score (nSPS) is 11.7. The molecule has 0 amide bonds. The van der Waals surface area contributed by atoms with Crippen molar-refractivity contribution < 1.29 is 9.53 Å². The topological polar surface area (TPSA) is 26.3 Å². The summed E-state index contributed by atoms with van der Waals surface area (Å²) >= 11 is 2.17. The van der Waals surface area contributed by atoms with Gasteiger partial charge in [0.25, 0.3) is 0 Å². The molecule has 2 nitrogen and oxygen atoms in total. The van der Waals surface area contributed by atoms with E-state index in [2.05, 4.69) is 29.2 Å². The van der Waals surface area contributed by atoms with Crippen molar-refractivity contribution in [2.45, 2.75) is 45.6 Å². The molecule has 0 aromatic heterocycles. The number of rotatable bonds is 5. The first-order chi connectivity index (χ1) is 6.85. The average Bonchev–Trinajstić information content (AvgIpc) is 2.08. The molecular formula is C12H19IO2. The molecule has 0 unspecified atom stereocenters. The standard InChI is InChI=1S/C12H19IO2/c1-10(6-5-9-13)7-8-11(14)15-12(2,3)4/h5,9H,1,6-8H2,2-4H3/b9-5+. The maximum Gasteiger partial charge on any atom is 0.306 e. The van der Waals surface area contributed by atoms with Gasteiger partial charge in [-0.1, -0.05) is 40.8 Å². The summed E-state index contributed by atoms with van der Waals surface area (Å²) in [5, 5.41) is 0. The highest BCUT2D eigenvalue weighted by molar-refractivity contribution is 14.1. The van der Waals surface area contributed by atoms with Crippen molar-refractivity contribution in [3.63, 3.8) is 0 Å². The molecule has 0 fully saturated rings. The van der Waals surface area contributed by atoms with Crippen molar-refractivity contribution in [2.24, 2.45) is 0 Å². The number of hydrogen-bond acceptors (Lipinski definition) is 2. The number of carbonyl (C=O) groups excluding carboxylic acids is 1. The molecule has 0 N–H and O–H groups in total. The third kappa shape index (κ3) is 9.97. The number of hydrogen-bond donors (Lipinski definition) is 0. The minimum atomic E-state index is -0.388.